The van der Waals surface area contributed by atoms with Gasteiger partial charge in [0, 0.05) is 6.07 Å². The zero-order chi connectivity index (χ0) is 19.8. The van der Waals surface area contributed by atoms with E-state index in [0.717, 1.165) is 18.4 Å². The van der Waals surface area contributed by atoms with Gasteiger partial charge < -0.3 is 24.1 Å². The van der Waals surface area contributed by atoms with Crippen molar-refractivity contribution in [2.75, 3.05) is 19.8 Å². The second-order valence-corrected chi connectivity index (χ2v) is 6.48. The van der Waals surface area contributed by atoms with Gasteiger partial charge in [-0.15, -0.1) is 0 Å². The normalized spacial score (nSPS) is 11.5. The van der Waals surface area contributed by atoms with Gasteiger partial charge in [-0.2, -0.15) is 0 Å². The highest BCUT2D eigenvalue weighted by molar-refractivity contribution is 5.86. The summed E-state index contributed by atoms with van der Waals surface area (Å²) < 4.78 is 16.0. The van der Waals surface area contributed by atoms with Crippen LogP contribution >= 0.6 is 0 Å². The maximum atomic E-state index is 12.1. The van der Waals surface area contributed by atoms with Gasteiger partial charge in [0.1, 0.15) is 24.5 Å². The Bertz CT molecular complexity index is 887. The molecule has 0 saturated heterocycles. The number of ether oxygens (including phenoxy) is 2. The first-order valence-electron chi connectivity index (χ1n) is 8.87. The Hall–Kier alpha value is -2.73. The van der Waals surface area contributed by atoms with Crippen LogP contribution in [0.25, 0.3) is 11.0 Å². The van der Waals surface area contributed by atoms with Gasteiger partial charge >= 0.3 is 5.63 Å². The van der Waals surface area contributed by atoms with Gasteiger partial charge in [-0.3, -0.25) is 0 Å². The summed E-state index contributed by atoms with van der Waals surface area (Å²) in [4.78, 5) is 12.1. The first-order chi connectivity index (χ1) is 12.9. The molecule has 1 heterocycles. The van der Waals surface area contributed by atoms with Crippen LogP contribution in [0.15, 0.2) is 50.7 Å². The maximum absolute atomic E-state index is 12.1. The smallest absolute Gasteiger partial charge is 0.383 e. The molecule has 6 heteroatoms. The topological polar surface area (TPSA) is 89.1 Å². The summed E-state index contributed by atoms with van der Waals surface area (Å²) >= 11 is 0. The molecule has 2 N–H and O–H groups in total. The predicted molar refractivity (Wildman–Crippen MR) is 105 cm³/mol. The lowest BCUT2D eigenvalue weighted by molar-refractivity contribution is 0.201. The van der Waals surface area contributed by atoms with Crippen LogP contribution in [0.5, 0.6) is 17.2 Å². The first-order valence-corrected chi connectivity index (χ1v) is 8.87. The molecule has 27 heavy (non-hydrogen) atoms. The van der Waals surface area contributed by atoms with Gasteiger partial charge in [0.05, 0.1) is 12.0 Å². The summed E-state index contributed by atoms with van der Waals surface area (Å²) in [7, 11) is 0. The molecule has 0 spiro atoms. The molecule has 1 aromatic heterocycles. The van der Waals surface area contributed by atoms with Crippen molar-refractivity contribution in [2.45, 2.75) is 33.6 Å². The molecule has 0 bridgehead atoms. The van der Waals surface area contributed by atoms with Crippen LogP contribution in [-0.2, 0) is 0 Å². The minimum Gasteiger partial charge on any atom is -0.504 e. The average Bonchev–Trinajstić information content (AvgIpc) is 2.62. The van der Waals surface area contributed by atoms with E-state index >= 15 is 0 Å². The van der Waals surface area contributed by atoms with Crippen molar-refractivity contribution in [3.05, 3.63) is 51.9 Å². The van der Waals surface area contributed by atoms with E-state index in [9.17, 15) is 9.90 Å². The fourth-order valence-corrected chi connectivity index (χ4v) is 2.49. The Morgan fingerprint density at radius 3 is 2.67 bits per heavy atom. The molecule has 0 fully saturated rings. The Kier molecular flexibility index (Phi) is 7.49. The first kappa shape index (κ1) is 20.6. The molecule has 2 rings (SSSR count). The lowest BCUT2D eigenvalue weighted by Crippen LogP contribution is -2.08. The standard InChI is InChI=1S/C21H26O6/c1-14(2)5-4-6-15(3)9-11-26-20-19(23)17-8-7-16(25-12-10-22)13-18(17)27-21(20)24/h5,7-9,13,22-23H,4,6,10-12H2,1-3H3/b15-9+. The van der Waals surface area contributed by atoms with E-state index in [2.05, 4.69) is 19.9 Å². The van der Waals surface area contributed by atoms with Crippen LogP contribution in [0, 0.1) is 0 Å². The number of hydrogen-bond donors (Lipinski definition) is 2. The van der Waals surface area contributed by atoms with E-state index < -0.39 is 5.63 Å². The minimum atomic E-state index is -0.755. The maximum Gasteiger partial charge on any atom is 0.383 e. The van der Waals surface area contributed by atoms with Gasteiger partial charge in [-0.25, -0.2) is 4.79 Å². The fraction of sp³-hybridized carbons (Fsp3) is 0.381. The number of hydrogen-bond acceptors (Lipinski definition) is 6. The Labute approximate surface area is 158 Å². The Morgan fingerprint density at radius 2 is 1.96 bits per heavy atom. The van der Waals surface area contributed by atoms with Gasteiger partial charge in [-0.1, -0.05) is 17.2 Å². The number of benzene rings is 1. The molecular formula is C21H26O6. The SMILES string of the molecule is CC(C)=CCC/C(C)=C/COc1c(O)c2ccc(OCCO)cc2oc1=O. The van der Waals surface area contributed by atoms with E-state index in [1.807, 2.05) is 13.0 Å². The summed E-state index contributed by atoms with van der Waals surface area (Å²) in [6, 6.07) is 4.69. The third-order valence-corrected chi connectivity index (χ3v) is 3.92. The van der Waals surface area contributed by atoms with Gasteiger partial charge in [0.25, 0.3) is 0 Å². The number of rotatable bonds is 9. The van der Waals surface area contributed by atoms with Crippen molar-refractivity contribution in [1.82, 2.24) is 0 Å². The number of aliphatic hydroxyl groups is 1. The van der Waals surface area contributed by atoms with Crippen LogP contribution in [-0.4, -0.2) is 30.0 Å². The lowest BCUT2D eigenvalue weighted by atomic mass is 10.1. The number of fused-ring (bicyclic) bond motifs is 1. The third kappa shape index (κ3) is 5.89. The van der Waals surface area contributed by atoms with Crippen molar-refractivity contribution in [3.8, 4) is 17.2 Å². The van der Waals surface area contributed by atoms with Gasteiger partial charge in [0.2, 0.25) is 5.75 Å². The Balaban J connectivity index is 2.12. The second kappa shape index (κ2) is 9.83. The molecule has 0 aliphatic carbocycles. The molecule has 0 saturated carbocycles. The third-order valence-electron chi connectivity index (χ3n) is 3.92. The molecule has 6 nitrogen and oxygen atoms in total. The second-order valence-electron chi connectivity index (χ2n) is 6.48. The van der Waals surface area contributed by atoms with Crippen LogP contribution in [0.1, 0.15) is 33.6 Å². The van der Waals surface area contributed by atoms with E-state index in [1.54, 1.807) is 12.1 Å². The van der Waals surface area contributed by atoms with E-state index in [1.165, 1.54) is 11.6 Å². The Morgan fingerprint density at radius 1 is 1.19 bits per heavy atom. The average molecular weight is 374 g/mol. The summed E-state index contributed by atoms with van der Waals surface area (Å²) in [5, 5.41) is 19.5. The zero-order valence-electron chi connectivity index (χ0n) is 15.9. The number of aliphatic hydroxyl groups excluding tert-OH is 1. The largest absolute Gasteiger partial charge is 0.504 e. The number of allylic oxidation sites excluding steroid dienone is 3. The highest BCUT2D eigenvalue weighted by Gasteiger charge is 2.15. The van der Waals surface area contributed by atoms with Crippen LogP contribution in [0.2, 0.25) is 0 Å². The fourth-order valence-electron chi connectivity index (χ4n) is 2.49. The molecule has 0 aliphatic heterocycles. The van der Waals surface area contributed by atoms with E-state index in [0.29, 0.717) is 11.1 Å². The summed E-state index contributed by atoms with van der Waals surface area (Å²) in [5.41, 5.74) is 1.86. The van der Waals surface area contributed by atoms with Crippen molar-refractivity contribution in [3.63, 3.8) is 0 Å². The summed E-state index contributed by atoms with van der Waals surface area (Å²) in [5.74, 6) is -0.0341. The van der Waals surface area contributed by atoms with Gasteiger partial charge in [-0.05, 0) is 51.8 Å². The lowest BCUT2D eigenvalue weighted by Gasteiger charge is -2.09. The van der Waals surface area contributed by atoms with Crippen molar-refractivity contribution in [2.24, 2.45) is 0 Å². The molecule has 0 radical (unpaired) electrons. The monoisotopic (exact) mass is 374 g/mol. The molecule has 1 aromatic carbocycles. The van der Waals surface area contributed by atoms with E-state index in [4.69, 9.17) is 19.0 Å². The summed E-state index contributed by atoms with van der Waals surface area (Å²) in [6.07, 6.45) is 5.91. The highest BCUT2D eigenvalue weighted by atomic mass is 16.5. The van der Waals surface area contributed by atoms with Crippen LogP contribution in [0.3, 0.4) is 0 Å². The van der Waals surface area contributed by atoms with Crippen molar-refractivity contribution >= 4 is 11.0 Å². The minimum absolute atomic E-state index is 0.124. The zero-order valence-corrected chi connectivity index (χ0v) is 15.9. The molecule has 0 aliphatic rings. The molecule has 146 valence electrons. The number of aromatic hydroxyl groups is 1. The molecule has 0 atom stereocenters. The van der Waals surface area contributed by atoms with Crippen molar-refractivity contribution < 1.29 is 24.1 Å². The van der Waals surface area contributed by atoms with Gasteiger partial charge in [0.15, 0.2) is 5.75 Å². The van der Waals surface area contributed by atoms with Crippen LogP contribution < -0.4 is 15.1 Å². The molecular weight excluding hydrogens is 348 g/mol. The molecule has 0 amide bonds. The van der Waals surface area contributed by atoms with Crippen molar-refractivity contribution in [1.29, 1.82) is 0 Å². The predicted octanol–water partition coefficient (Wildman–Crippen LogP) is 3.94. The highest BCUT2D eigenvalue weighted by Crippen LogP contribution is 2.33. The molecule has 2 aromatic rings. The summed E-state index contributed by atoms with van der Waals surface area (Å²) in [6.45, 7) is 6.29. The van der Waals surface area contributed by atoms with E-state index in [-0.39, 0.29) is 36.9 Å². The quantitative estimate of drug-likeness (QED) is 0.510. The van der Waals surface area contributed by atoms with Crippen LogP contribution in [0.4, 0.5) is 0 Å². The molecule has 0 unspecified atom stereocenters.